The molecule has 22 heteroatoms. The molecule has 2 rings (SSSR count). The second-order valence-electron chi connectivity index (χ2n) is 13.2. The number of carbonyl (C=O) groups excluding carboxylic acids is 9. The first kappa shape index (κ1) is 46.4. The molecule has 0 aromatic heterocycles. The van der Waals surface area contributed by atoms with Crippen molar-refractivity contribution >= 4 is 53.2 Å². The van der Waals surface area contributed by atoms with Crippen molar-refractivity contribution in [1.82, 2.24) is 37.2 Å². The number of carbonyl (C=O) groups is 9. The van der Waals surface area contributed by atoms with Gasteiger partial charge in [0.05, 0.1) is 31.8 Å². The Bertz CT molecular complexity index is 1570. The number of hydrogen-bond donors (Lipinski definition) is 13. The maximum absolute atomic E-state index is 13.5. The summed E-state index contributed by atoms with van der Waals surface area (Å²) in [5.41, 5.74) is 17.3. The normalized spacial score (nSPS) is 23.9. The molecule has 9 amide bonds. The molecule has 8 atom stereocenters. The van der Waals surface area contributed by atoms with Crippen LogP contribution in [0.3, 0.4) is 0 Å². The van der Waals surface area contributed by atoms with E-state index in [4.69, 9.17) is 17.2 Å². The molecule has 56 heavy (non-hydrogen) atoms. The first-order valence-electron chi connectivity index (χ1n) is 17.8. The van der Waals surface area contributed by atoms with Gasteiger partial charge in [-0.25, -0.2) is 0 Å². The lowest BCUT2D eigenvalue weighted by Gasteiger charge is -2.27. The van der Waals surface area contributed by atoms with Gasteiger partial charge in [-0.2, -0.15) is 0 Å². The van der Waals surface area contributed by atoms with E-state index in [2.05, 4.69) is 37.2 Å². The molecule has 2 unspecified atom stereocenters. The number of nitrogens with two attached hydrogens (primary N) is 3. The van der Waals surface area contributed by atoms with Gasteiger partial charge in [-0.1, -0.05) is 30.3 Å². The molecule has 1 aliphatic heterocycles. The van der Waals surface area contributed by atoms with E-state index in [0.29, 0.717) is 5.56 Å². The highest BCUT2D eigenvalue weighted by atomic mass is 16.3. The Kier molecular flexibility index (Phi) is 19.3. The minimum atomic E-state index is -1.82. The lowest BCUT2D eigenvalue weighted by Crippen LogP contribution is -2.62. The Labute approximate surface area is 323 Å². The van der Waals surface area contributed by atoms with Crippen LogP contribution in [0.15, 0.2) is 30.3 Å². The average molecular weight is 795 g/mol. The van der Waals surface area contributed by atoms with Crippen LogP contribution in [0.5, 0.6) is 0 Å². The van der Waals surface area contributed by atoms with Crippen LogP contribution in [0.25, 0.3) is 0 Å². The second kappa shape index (κ2) is 23.3. The van der Waals surface area contributed by atoms with Crippen LogP contribution in [0.2, 0.25) is 0 Å². The molecule has 1 aliphatic rings. The maximum Gasteiger partial charge on any atom is 0.245 e. The first-order chi connectivity index (χ1) is 26.5. The first-order valence-corrected chi connectivity index (χ1v) is 17.8. The molecule has 1 fully saturated rings. The van der Waals surface area contributed by atoms with Crippen LogP contribution >= 0.6 is 0 Å². The van der Waals surface area contributed by atoms with Gasteiger partial charge in [0.2, 0.25) is 53.2 Å². The standard InChI is InChI=1S/C34H52N10O12.H2/c1-17(47)27-34(56)43-24(16-46)32(54)39-20(30(52)42-23(15-45)33(55)40-21(28(37)50)13-18-7-3-2-4-8-18)9-5-6-12-38-26(49)11-10-19(35)29(51)41-22(14-25(36)48)31(53)44-27;/h2-4,7-8,17,19-24,27,45-47H,5-6,9-16,35H2,1H3,(H2,36,48)(H2,37,50)(H,38,49)(H,39,54)(H,40,55)(H,41,51)(H,42,52)(H,43,56)(H,44,53);1H/t17-,19?,20?,21+,22+,23+,24+,27+;/m1./s1. The van der Waals surface area contributed by atoms with Crippen LogP contribution in [0, 0.1) is 0 Å². The highest BCUT2D eigenvalue weighted by Crippen LogP contribution is 2.07. The van der Waals surface area contributed by atoms with E-state index in [-0.39, 0.29) is 46.5 Å². The lowest BCUT2D eigenvalue weighted by molar-refractivity contribution is -0.137. The predicted molar refractivity (Wildman–Crippen MR) is 197 cm³/mol. The van der Waals surface area contributed by atoms with Crippen molar-refractivity contribution < 1.29 is 59.9 Å². The Hall–Kier alpha value is -5.71. The zero-order valence-electron chi connectivity index (χ0n) is 30.8. The fraction of sp³-hybridized carbons (Fsp3) is 0.559. The van der Waals surface area contributed by atoms with Crippen LogP contribution < -0.4 is 54.4 Å². The van der Waals surface area contributed by atoms with Crippen molar-refractivity contribution in [3.63, 3.8) is 0 Å². The van der Waals surface area contributed by atoms with E-state index in [1.54, 1.807) is 30.3 Å². The molecular formula is C34H54N10O12. The molecule has 1 heterocycles. The molecule has 1 saturated heterocycles. The summed E-state index contributed by atoms with van der Waals surface area (Å²) in [6.07, 6.45) is -2.49. The lowest BCUT2D eigenvalue weighted by atomic mass is 10.0. The van der Waals surface area contributed by atoms with Gasteiger partial charge in [-0.05, 0) is 38.2 Å². The van der Waals surface area contributed by atoms with Crippen LogP contribution in [0.1, 0.15) is 52.4 Å². The van der Waals surface area contributed by atoms with Gasteiger partial charge in [-0.15, -0.1) is 0 Å². The molecular weight excluding hydrogens is 740 g/mol. The fourth-order valence-corrected chi connectivity index (χ4v) is 5.36. The number of amides is 9. The number of benzene rings is 1. The molecule has 312 valence electrons. The Balaban J connectivity index is 0.0000162. The summed E-state index contributed by atoms with van der Waals surface area (Å²) >= 11 is 0. The van der Waals surface area contributed by atoms with Crippen LogP contribution in [0.4, 0.5) is 0 Å². The summed E-state index contributed by atoms with van der Waals surface area (Å²) in [5.74, 6) is -8.77. The largest absolute Gasteiger partial charge is 0.394 e. The summed E-state index contributed by atoms with van der Waals surface area (Å²) in [7, 11) is 0. The predicted octanol–water partition coefficient (Wildman–Crippen LogP) is -6.48. The fourth-order valence-electron chi connectivity index (χ4n) is 5.36. The summed E-state index contributed by atoms with van der Waals surface area (Å²) < 4.78 is 0. The third-order valence-corrected chi connectivity index (χ3v) is 8.57. The Morgan fingerprint density at radius 1 is 0.839 bits per heavy atom. The van der Waals surface area contributed by atoms with Crippen molar-refractivity contribution in [3.05, 3.63) is 35.9 Å². The molecule has 0 spiro atoms. The smallest absolute Gasteiger partial charge is 0.245 e. The van der Waals surface area contributed by atoms with Crippen LogP contribution in [-0.2, 0) is 49.6 Å². The topological polar surface area (TPSA) is 377 Å². The van der Waals surface area contributed by atoms with Gasteiger partial charge in [0.1, 0.15) is 36.3 Å². The monoisotopic (exact) mass is 794 g/mol. The van der Waals surface area contributed by atoms with Gasteiger partial charge in [0.25, 0.3) is 0 Å². The van der Waals surface area contributed by atoms with Crippen molar-refractivity contribution in [1.29, 1.82) is 0 Å². The molecule has 1 aromatic rings. The van der Waals surface area contributed by atoms with Gasteiger partial charge in [0, 0.05) is 20.8 Å². The average Bonchev–Trinajstić information content (AvgIpc) is 3.14. The number of aliphatic hydroxyl groups is 3. The van der Waals surface area contributed by atoms with E-state index in [1.165, 1.54) is 0 Å². The minimum Gasteiger partial charge on any atom is -0.394 e. The number of primary amides is 2. The van der Waals surface area contributed by atoms with Crippen molar-refractivity contribution in [3.8, 4) is 0 Å². The van der Waals surface area contributed by atoms with Crippen molar-refractivity contribution in [2.45, 2.75) is 100 Å². The second-order valence-corrected chi connectivity index (χ2v) is 13.2. The maximum atomic E-state index is 13.5. The molecule has 0 saturated carbocycles. The molecule has 16 N–H and O–H groups in total. The van der Waals surface area contributed by atoms with Gasteiger partial charge >= 0.3 is 0 Å². The zero-order valence-corrected chi connectivity index (χ0v) is 30.8. The molecule has 1 aromatic carbocycles. The van der Waals surface area contributed by atoms with Gasteiger partial charge < -0.3 is 69.7 Å². The Morgan fingerprint density at radius 3 is 2.07 bits per heavy atom. The van der Waals surface area contributed by atoms with E-state index in [9.17, 15) is 58.5 Å². The third kappa shape index (κ3) is 15.6. The molecule has 22 nitrogen and oxygen atoms in total. The van der Waals surface area contributed by atoms with Gasteiger partial charge in [-0.3, -0.25) is 43.2 Å². The van der Waals surface area contributed by atoms with E-state index in [0.717, 1.165) is 6.92 Å². The molecule has 0 aliphatic carbocycles. The Morgan fingerprint density at radius 2 is 1.48 bits per heavy atom. The van der Waals surface area contributed by atoms with E-state index >= 15 is 0 Å². The number of nitrogens with one attached hydrogen (secondary N) is 7. The van der Waals surface area contributed by atoms with Crippen molar-refractivity contribution in [2.24, 2.45) is 17.2 Å². The third-order valence-electron chi connectivity index (χ3n) is 8.57. The molecule has 0 bridgehead atoms. The van der Waals surface area contributed by atoms with Crippen molar-refractivity contribution in [2.75, 3.05) is 19.8 Å². The highest BCUT2D eigenvalue weighted by Gasteiger charge is 2.35. The number of aliphatic hydroxyl groups excluding tert-OH is 3. The summed E-state index contributed by atoms with van der Waals surface area (Å²) in [6.45, 7) is -0.802. The summed E-state index contributed by atoms with van der Waals surface area (Å²) in [5, 5.41) is 46.6. The number of rotatable bonds is 12. The van der Waals surface area contributed by atoms with Gasteiger partial charge in [0.15, 0.2) is 0 Å². The SMILES string of the molecule is C[C@@H](O)[C@@H]1NC(=O)[C@H](CC(N)=O)NC(=O)C(N)CCC(=O)NCCCCC(C(=O)N[C@@H](CO)C(=O)N[C@@H](Cc2ccccc2)C(N)=O)NC(=O)[C@H](CO)NC1=O.[HH]. The van der Waals surface area contributed by atoms with E-state index < -0.39 is 121 Å². The van der Waals surface area contributed by atoms with Crippen LogP contribution in [-0.4, -0.2) is 137 Å². The summed E-state index contributed by atoms with van der Waals surface area (Å²) in [6, 6.07) is -2.33. The summed E-state index contributed by atoms with van der Waals surface area (Å²) in [4.78, 5) is 115. The molecule has 0 radical (unpaired) electrons. The van der Waals surface area contributed by atoms with E-state index in [1.807, 2.05) is 0 Å². The minimum absolute atomic E-state index is 0. The highest BCUT2D eigenvalue weighted by molar-refractivity contribution is 5.98. The number of hydrogen-bond acceptors (Lipinski definition) is 13. The quantitative estimate of drug-likeness (QED) is 0.0937. The zero-order chi connectivity index (χ0) is 41.9.